The van der Waals surface area contributed by atoms with E-state index in [-0.39, 0.29) is 14.9 Å². The highest BCUT2D eigenvalue weighted by Crippen LogP contribution is 2.35. The first-order valence-electron chi connectivity index (χ1n) is 18.9. The molecule has 0 aliphatic rings. The fraction of sp³-hybridized carbons (Fsp3) is 0.0833. The Morgan fingerprint density at radius 2 is 1.19 bits per heavy atom. The van der Waals surface area contributed by atoms with Crippen molar-refractivity contribution in [3.8, 4) is 32.5 Å². The topological polar surface area (TPSA) is 138 Å². The van der Waals surface area contributed by atoms with Crippen LogP contribution in [0, 0.1) is 0 Å². The van der Waals surface area contributed by atoms with Crippen LogP contribution in [0.4, 0.5) is 17.1 Å². The standard InChI is InChI=1S/C23H17N5S2.C12H9N3S.C10H7N3S.CH4S.2CH4/c29-22(14-16-6-8-17(9-7-16)28-13-3-11-25-28)26-19-5-2-1-4-18(19)23-27-20-10-12-24-15-21(20)30-23;13-9-4-2-1-3-8(9)12-15-10-5-6-14-7-11(10)16-12;14-8-11-9-2-4-10(5-3-9)13-7-1-6-12-13;1-2;;/h1-13,15H,14H2,(H,26,29);1-7H,13H2;1-7H;2H,1H3;2*1H4. The van der Waals surface area contributed by atoms with Crippen LogP contribution in [0.25, 0.3) is 53.0 Å². The van der Waals surface area contributed by atoms with Crippen molar-refractivity contribution in [3.05, 3.63) is 176 Å². The maximum absolute atomic E-state index is 5.93. The van der Waals surface area contributed by atoms with Gasteiger partial charge >= 0.3 is 0 Å². The maximum Gasteiger partial charge on any atom is 0.126 e. The zero-order chi connectivity index (χ0) is 43.1. The van der Waals surface area contributed by atoms with E-state index in [4.69, 9.17) is 22.9 Å². The van der Waals surface area contributed by atoms with E-state index < -0.39 is 0 Å². The largest absolute Gasteiger partial charge is 0.398 e. The smallest absolute Gasteiger partial charge is 0.126 e. The molecule has 6 heterocycles. The van der Waals surface area contributed by atoms with Gasteiger partial charge in [-0.2, -0.15) is 27.8 Å². The van der Waals surface area contributed by atoms with Gasteiger partial charge in [0.25, 0.3) is 0 Å². The summed E-state index contributed by atoms with van der Waals surface area (Å²) in [6, 6.07) is 39.4. The highest BCUT2D eigenvalue weighted by Gasteiger charge is 2.12. The third-order valence-electron chi connectivity index (χ3n) is 8.87. The Labute approximate surface area is 396 Å². The number of hydrogen-bond donors (Lipinski definition) is 3. The van der Waals surface area contributed by atoms with Gasteiger partial charge in [-0.3, -0.25) is 9.97 Å². The summed E-state index contributed by atoms with van der Waals surface area (Å²) in [5.74, 6) is 0. The van der Waals surface area contributed by atoms with Crippen LogP contribution in [0.3, 0.4) is 0 Å². The molecule has 0 fully saturated rings. The number of rotatable bonds is 8. The Hall–Kier alpha value is -6.78. The number of aliphatic imine (C=N–C) groups is 1. The molecule has 3 N–H and O–H groups in total. The quantitative estimate of drug-likeness (QED) is 0.0584. The Morgan fingerprint density at radius 1 is 0.672 bits per heavy atom. The molecule has 10 rings (SSSR count). The van der Waals surface area contributed by atoms with Crippen LogP contribution in [-0.4, -0.2) is 55.9 Å². The van der Waals surface area contributed by atoms with E-state index in [9.17, 15) is 0 Å². The van der Waals surface area contributed by atoms with E-state index >= 15 is 0 Å². The van der Waals surface area contributed by atoms with Crippen LogP contribution in [0.1, 0.15) is 20.4 Å². The Balaban J connectivity index is 0.000000192. The SMILES string of the molecule is C.C.CS.Nc1ccccc1-c1nc2ccncc2s1.S=C(Cc1ccc(-n2cccn2)cc1)Nc1ccccc1-c1nc2ccncc2s1.S=C=Nc1ccc(-n2cccn2)cc1. The van der Waals surface area contributed by atoms with E-state index in [1.807, 2.05) is 133 Å². The Kier molecular flexibility index (Phi) is 18.2. The number of thiazole rings is 2. The molecule has 16 heteroatoms. The van der Waals surface area contributed by atoms with Gasteiger partial charge in [0.2, 0.25) is 0 Å². The highest BCUT2D eigenvalue weighted by molar-refractivity contribution is 7.80. The minimum atomic E-state index is 0. The lowest BCUT2D eigenvalue weighted by Gasteiger charge is -2.12. The van der Waals surface area contributed by atoms with Crippen LogP contribution in [0.15, 0.2) is 176 Å². The number of benzene rings is 4. The molecule has 4 aromatic carbocycles. The predicted octanol–water partition coefficient (Wildman–Crippen LogP) is 12.9. The molecule has 0 amide bonds. The fourth-order valence-corrected chi connectivity index (χ4v) is 8.32. The van der Waals surface area contributed by atoms with Crippen molar-refractivity contribution in [2.24, 2.45) is 4.99 Å². The average molecular weight is 936 g/mol. The minimum Gasteiger partial charge on any atom is -0.398 e. The van der Waals surface area contributed by atoms with Crippen molar-refractivity contribution < 1.29 is 0 Å². The van der Waals surface area contributed by atoms with Crippen LogP contribution in [0.5, 0.6) is 0 Å². The molecule has 0 spiro atoms. The number of aromatic nitrogens is 8. The molecule has 6 aromatic heterocycles. The first kappa shape index (κ1) is 48.3. The van der Waals surface area contributed by atoms with Crippen molar-refractivity contribution >= 4 is 107 Å². The van der Waals surface area contributed by atoms with Crippen molar-refractivity contribution in [2.75, 3.05) is 17.3 Å². The van der Waals surface area contributed by atoms with Gasteiger partial charge in [0.15, 0.2) is 0 Å². The maximum atomic E-state index is 5.93. The van der Waals surface area contributed by atoms with Crippen LogP contribution in [0.2, 0.25) is 0 Å². The number of para-hydroxylation sites is 2. The van der Waals surface area contributed by atoms with Gasteiger partial charge in [0.05, 0.1) is 47.6 Å². The van der Waals surface area contributed by atoms with E-state index in [0.717, 1.165) is 80.6 Å². The van der Waals surface area contributed by atoms with Gasteiger partial charge in [-0.1, -0.05) is 63.5 Å². The molecule has 0 radical (unpaired) electrons. The lowest BCUT2D eigenvalue weighted by atomic mass is 10.1. The van der Waals surface area contributed by atoms with E-state index in [1.165, 1.54) is 0 Å². The third kappa shape index (κ3) is 12.4. The molecule has 0 unspecified atom stereocenters. The molecule has 322 valence electrons. The van der Waals surface area contributed by atoms with Gasteiger partial charge in [-0.25, -0.2) is 19.3 Å². The second-order valence-electron chi connectivity index (χ2n) is 12.9. The van der Waals surface area contributed by atoms with Crippen LogP contribution in [-0.2, 0) is 6.42 Å². The lowest BCUT2D eigenvalue weighted by Crippen LogP contribution is -2.12. The summed E-state index contributed by atoms with van der Waals surface area (Å²) in [6.45, 7) is 0. The molecule has 0 saturated heterocycles. The number of nitrogens with one attached hydrogen (secondary N) is 1. The van der Waals surface area contributed by atoms with Gasteiger partial charge in [-0.15, -0.1) is 22.7 Å². The molecular weight excluding hydrogens is 891 g/mol. The summed E-state index contributed by atoms with van der Waals surface area (Å²) in [5.41, 5.74) is 15.6. The van der Waals surface area contributed by atoms with Crippen molar-refractivity contribution in [2.45, 2.75) is 21.3 Å². The van der Waals surface area contributed by atoms with Crippen molar-refractivity contribution in [1.29, 1.82) is 0 Å². The summed E-state index contributed by atoms with van der Waals surface area (Å²) in [7, 11) is 0. The zero-order valence-corrected chi connectivity index (χ0v) is 37.2. The minimum absolute atomic E-state index is 0. The number of nitrogens with zero attached hydrogens (tertiary/aromatic N) is 9. The highest BCUT2D eigenvalue weighted by atomic mass is 32.1. The first-order chi connectivity index (χ1) is 30.5. The molecule has 64 heavy (non-hydrogen) atoms. The van der Waals surface area contributed by atoms with E-state index in [2.05, 4.69) is 83.7 Å². The third-order valence-corrected chi connectivity index (χ3v) is 11.3. The molecule has 11 nitrogen and oxygen atoms in total. The van der Waals surface area contributed by atoms with Gasteiger partial charge in [-0.05, 0) is 109 Å². The van der Waals surface area contributed by atoms with Gasteiger partial charge in [0, 0.05) is 78.5 Å². The molecular formula is C48H45N11S5. The summed E-state index contributed by atoms with van der Waals surface area (Å²) in [6.07, 6.45) is 16.9. The zero-order valence-electron chi connectivity index (χ0n) is 33.1. The Bertz CT molecular complexity index is 2960. The number of hydrogen-bond acceptors (Lipinski definition) is 13. The summed E-state index contributed by atoms with van der Waals surface area (Å²) in [4.78, 5) is 22.2. The molecule has 0 bridgehead atoms. The molecule has 10 aromatic rings. The normalized spacial score (nSPS) is 9.97. The van der Waals surface area contributed by atoms with Crippen molar-refractivity contribution in [3.63, 3.8) is 0 Å². The number of thiocarbonyl (C=S) groups is 2. The summed E-state index contributed by atoms with van der Waals surface area (Å²) in [5, 5.41) is 16.0. The number of anilines is 2. The van der Waals surface area contributed by atoms with Gasteiger partial charge in [0.1, 0.15) is 10.0 Å². The second-order valence-corrected chi connectivity index (χ2v) is 15.6. The fourth-order valence-electron chi connectivity index (χ4n) is 5.98. The number of fused-ring (bicyclic) bond motifs is 2. The monoisotopic (exact) mass is 935 g/mol. The number of nitrogens with two attached hydrogens (primary N) is 1. The van der Waals surface area contributed by atoms with Crippen molar-refractivity contribution in [1.82, 2.24) is 39.5 Å². The summed E-state index contributed by atoms with van der Waals surface area (Å²) < 4.78 is 5.78. The lowest BCUT2D eigenvalue weighted by molar-refractivity contribution is 0.880. The summed E-state index contributed by atoms with van der Waals surface area (Å²) >= 11 is 16.9. The predicted molar refractivity (Wildman–Crippen MR) is 280 cm³/mol. The van der Waals surface area contributed by atoms with E-state index in [0.29, 0.717) is 6.42 Å². The average Bonchev–Trinajstić information content (AvgIpc) is 4.17. The number of isothiocyanates is 1. The first-order valence-corrected chi connectivity index (χ1v) is 22.2. The van der Waals surface area contributed by atoms with E-state index in [1.54, 1.807) is 58.4 Å². The molecule has 0 aliphatic carbocycles. The number of pyridine rings is 2. The molecule has 0 saturated carbocycles. The number of nitrogen functional groups attached to an aromatic ring is 1. The van der Waals surface area contributed by atoms with Gasteiger partial charge < -0.3 is 11.1 Å². The molecule has 0 aliphatic heterocycles. The Morgan fingerprint density at radius 3 is 1.70 bits per heavy atom. The van der Waals surface area contributed by atoms with Crippen LogP contribution < -0.4 is 11.1 Å². The number of thiol groups is 1. The second kappa shape index (κ2) is 24.2. The van der Waals surface area contributed by atoms with Crippen LogP contribution >= 0.6 is 59.7 Å². The molecule has 0 atom stereocenters.